The number of diazo groups is 1. The van der Waals surface area contributed by atoms with E-state index in [0.29, 0.717) is 11.4 Å². The van der Waals surface area contributed by atoms with Crippen molar-refractivity contribution in [1.29, 1.82) is 5.39 Å². The molecule has 96 valence electrons. The van der Waals surface area contributed by atoms with Gasteiger partial charge in [-0.05, 0) is 12.1 Å². The molecule has 0 unspecified atom stereocenters. The maximum atomic E-state index is 11.6. The van der Waals surface area contributed by atoms with Crippen LogP contribution in [0.2, 0.25) is 0 Å². The summed E-state index contributed by atoms with van der Waals surface area (Å²) in [5.74, 6) is 0.503. The molecule has 0 amide bonds. The number of hydrogen-bond acceptors (Lipinski definition) is 5. The van der Waals surface area contributed by atoms with Crippen LogP contribution in [0.1, 0.15) is 5.76 Å². The zero-order chi connectivity index (χ0) is 13.7. The van der Waals surface area contributed by atoms with Crippen LogP contribution in [-0.2, 0) is 6.54 Å². The molecule has 0 radical (unpaired) electrons. The van der Waals surface area contributed by atoms with Crippen molar-refractivity contribution in [3.63, 3.8) is 0 Å². The highest BCUT2D eigenvalue weighted by Gasteiger charge is 2.19. The summed E-state index contributed by atoms with van der Waals surface area (Å²) < 4.78 is 10.1. The van der Waals surface area contributed by atoms with Crippen LogP contribution in [0.25, 0.3) is 5.08 Å². The number of anilines is 1. The summed E-state index contributed by atoms with van der Waals surface area (Å²) in [6, 6.07) is 10.4. The quantitative estimate of drug-likeness (QED) is 0.622. The van der Waals surface area contributed by atoms with Gasteiger partial charge in [0.1, 0.15) is 17.7 Å². The number of rotatable bonds is 4. The predicted molar refractivity (Wildman–Crippen MR) is 69.2 cm³/mol. The molecule has 0 saturated carbocycles. The average Bonchev–Trinajstić information content (AvgIpc) is 2.46. The van der Waals surface area contributed by atoms with Gasteiger partial charge in [-0.1, -0.05) is 18.2 Å². The number of para-hydroxylation sites is 1. The van der Waals surface area contributed by atoms with E-state index in [4.69, 9.17) is 14.5 Å². The summed E-state index contributed by atoms with van der Waals surface area (Å²) in [6.07, 6.45) is 1.23. The maximum absolute atomic E-state index is 11.6. The van der Waals surface area contributed by atoms with Crippen molar-refractivity contribution in [3.05, 3.63) is 63.7 Å². The third-order valence-electron chi connectivity index (χ3n) is 2.54. The first kappa shape index (κ1) is 12.6. The minimum atomic E-state index is -0.283. The Morgan fingerprint density at radius 2 is 2.11 bits per heavy atom. The molecule has 0 aliphatic rings. The molecule has 2 rings (SSSR count). The van der Waals surface area contributed by atoms with Crippen molar-refractivity contribution in [2.45, 2.75) is 6.54 Å². The number of methoxy groups -OCH3 is 1. The van der Waals surface area contributed by atoms with Crippen LogP contribution in [0.15, 0.2) is 51.9 Å². The topological polar surface area (TPSA) is 70.8 Å². The number of benzene rings is 1. The van der Waals surface area contributed by atoms with Gasteiger partial charge in [0.2, 0.25) is 11.2 Å². The molecule has 0 aliphatic carbocycles. The summed E-state index contributed by atoms with van der Waals surface area (Å²) in [4.78, 5) is 11.6. The van der Waals surface area contributed by atoms with Crippen molar-refractivity contribution < 1.29 is 9.15 Å². The summed E-state index contributed by atoms with van der Waals surface area (Å²) >= 11 is 0. The van der Waals surface area contributed by atoms with Crippen molar-refractivity contribution in [2.75, 3.05) is 12.1 Å². The Labute approximate surface area is 109 Å². The van der Waals surface area contributed by atoms with E-state index in [1.165, 1.54) is 24.4 Å². The monoisotopic (exact) mass is 258 g/mol. The minimum Gasteiger partial charge on any atom is -0.490 e. The lowest BCUT2D eigenvalue weighted by atomic mass is 10.3. The first-order valence-electron chi connectivity index (χ1n) is 5.58. The first-order valence-corrected chi connectivity index (χ1v) is 5.58. The van der Waals surface area contributed by atoms with Crippen LogP contribution in [-0.4, -0.2) is 7.11 Å². The molecule has 19 heavy (non-hydrogen) atoms. The highest BCUT2D eigenvalue weighted by molar-refractivity contribution is 5.47. The average molecular weight is 258 g/mol. The standard InChI is InChI=1S/C13H12N3O3/c1-18-13-9-19-11(7-12(13)17)8-16(15-14)10-5-3-2-4-6-10/h2-7,9H,8H2,1H3/q+1. The number of ether oxygens (including phenoxy) is 1. The molecule has 6 nitrogen and oxygen atoms in total. The van der Waals surface area contributed by atoms with Crippen LogP contribution in [0.5, 0.6) is 5.75 Å². The SMILES string of the molecule is COc1coc(CN([N+]#N)c2ccccc2)cc1=O. The zero-order valence-corrected chi connectivity index (χ0v) is 10.3. The summed E-state index contributed by atoms with van der Waals surface area (Å²) in [5.41, 5.74) is 0.401. The van der Waals surface area contributed by atoms with Gasteiger partial charge in [-0.2, -0.15) is 0 Å². The molecule has 1 aromatic carbocycles. The molecule has 0 bridgehead atoms. The van der Waals surface area contributed by atoms with E-state index in [-0.39, 0.29) is 17.7 Å². The van der Waals surface area contributed by atoms with Crippen LogP contribution in [0.3, 0.4) is 0 Å². The van der Waals surface area contributed by atoms with Crippen LogP contribution in [0.4, 0.5) is 5.69 Å². The van der Waals surface area contributed by atoms with E-state index >= 15 is 0 Å². The van der Waals surface area contributed by atoms with Crippen molar-refractivity contribution in [1.82, 2.24) is 0 Å². The van der Waals surface area contributed by atoms with Crippen LogP contribution < -0.4 is 15.2 Å². The summed E-state index contributed by atoms with van der Waals surface area (Å²) in [5, 5.41) is 13.5. The Morgan fingerprint density at radius 1 is 1.37 bits per heavy atom. The molecule has 6 heteroatoms. The Balaban J connectivity index is 2.23. The Kier molecular flexibility index (Phi) is 3.78. The smallest absolute Gasteiger partial charge is 0.311 e. The highest BCUT2D eigenvalue weighted by Crippen LogP contribution is 2.17. The third kappa shape index (κ3) is 2.90. The molecule has 0 N–H and O–H groups in total. The fourth-order valence-corrected chi connectivity index (χ4v) is 1.59. The van der Waals surface area contributed by atoms with Crippen LogP contribution in [0, 0.1) is 5.39 Å². The van der Waals surface area contributed by atoms with E-state index in [1.54, 1.807) is 12.1 Å². The van der Waals surface area contributed by atoms with Crippen LogP contribution >= 0.6 is 0 Å². The van der Waals surface area contributed by atoms with E-state index in [2.05, 4.69) is 5.08 Å². The molecule has 0 atom stereocenters. The lowest BCUT2D eigenvalue weighted by Crippen LogP contribution is -2.15. The van der Waals surface area contributed by atoms with Crippen molar-refractivity contribution in [3.8, 4) is 5.75 Å². The fraction of sp³-hybridized carbons (Fsp3) is 0.154. The first-order chi connectivity index (χ1) is 9.24. The maximum Gasteiger partial charge on any atom is 0.311 e. The Morgan fingerprint density at radius 3 is 2.68 bits per heavy atom. The van der Waals surface area contributed by atoms with Gasteiger partial charge in [-0.3, -0.25) is 4.79 Å². The highest BCUT2D eigenvalue weighted by atomic mass is 16.5. The van der Waals surface area contributed by atoms with Gasteiger partial charge in [0.15, 0.2) is 6.54 Å². The lowest BCUT2D eigenvalue weighted by molar-refractivity contribution is 0.378. The molecule has 0 saturated heterocycles. The molecular weight excluding hydrogens is 246 g/mol. The minimum absolute atomic E-state index is 0.135. The fourth-order valence-electron chi connectivity index (χ4n) is 1.59. The summed E-state index contributed by atoms with van der Waals surface area (Å²) in [7, 11) is 1.39. The van der Waals surface area contributed by atoms with E-state index in [9.17, 15) is 4.79 Å². The van der Waals surface area contributed by atoms with E-state index in [0.717, 1.165) is 0 Å². The van der Waals surface area contributed by atoms with E-state index in [1.807, 2.05) is 18.2 Å². The van der Waals surface area contributed by atoms with Gasteiger partial charge in [-0.25, -0.2) is 0 Å². The largest absolute Gasteiger partial charge is 0.490 e. The molecular formula is C13H12N3O3+. The second-order valence-electron chi connectivity index (χ2n) is 3.76. The molecule has 0 aliphatic heterocycles. The predicted octanol–water partition coefficient (Wildman–Crippen LogP) is 2.42. The van der Waals surface area contributed by atoms with Crippen molar-refractivity contribution >= 4 is 5.69 Å². The van der Waals surface area contributed by atoms with E-state index < -0.39 is 0 Å². The Bertz CT molecular complexity index is 646. The molecule has 0 fully saturated rings. The van der Waals surface area contributed by atoms with Crippen molar-refractivity contribution in [2.24, 2.45) is 0 Å². The lowest BCUT2D eigenvalue weighted by Gasteiger charge is -2.04. The molecule has 1 aromatic heterocycles. The second-order valence-corrected chi connectivity index (χ2v) is 3.76. The van der Waals surface area contributed by atoms with Gasteiger partial charge in [0, 0.05) is 11.1 Å². The Hall–Kier alpha value is -2.81. The van der Waals surface area contributed by atoms with Gasteiger partial charge in [0.05, 0.1) is 7.11 Å². The normalized spacial score (nSPS) is 9.68. The van der Waals surface area contributed by atoms with Gasteiger partial charge >= 0.3 is 5.08 Å². The second kappa shape index (κ2) is 5.69. The molecule has 0 spiro atoms. The third-order valence-corrected chi connectivity index (χ3v) is 2.54. The number of hydrogen-bond donors (Lipinski definition) is 0. The van der Waals surface area contributed by atoms with Gasteiger partial charge < -0.3 is 9.15 Å². The number of nitrogens with zero attached hydrogens (tertiary/aromatic N) is 3. The summed E-state index contributed by atoms with van der Waals surface area (Å²) in [6.45, 7) is 0.139. The molecule has 1 heterocycles. The van der Waals surface area contributed by atoms with Gasteiger partial charge in [-0.15, -0.1) is 0 Å². The van der Waals surface area contributed by atoms with Gasteiger partial charge in [0.25, 0.3) is 5.39 Å². The molecule has 2 aromatic rings. The zero-order valence-electron chi connectivity index (χ0n) is 10.3.